The van der Waals surface area contributed by atoms with Crippen molar-refractivity contribution < 1.29 is 19.0 Å². The highest BCUT2D eigenvalue weighted by molar-refractivity contribution is 6.30. The lowest BCUT2D eigenvalue weighted by Crippen LogP contribution is -2.57. The van der Waals surface area contributed by atoms with Crippen molar-refractivity contribution in [2.24, 2.45) is 0 Å². The molecule has 170 valence electrons. The quantitative estimate of drug-likeness (QED) is 0.507. The van der Waals surface area contributed by atoms with Crippen LogP contribution in [0.3, 0.4) is 0 Å². The Morgan fingerprint density at radius 3 is 2.18 bits per heavy atom. The van der Waals surface area contributed by atoms with Gasteiger partial charge in [0.05, 0.1) is 19.2 Å². The molecule has 5 rings (SSSR count). The SMILES string of the molecule is O=C(NCc1ccc2c(c1)OCO2)N1CC(OC(c2ccc(Cl)cc2)c2ccc(Cl)cc2)C1. The third-order valence-corrected chi connectivity index (χ3v) is 6.19. The van der Waals surface area contributed by atoms with Crippen molar-refractivity contribution >= 4 is 29.2 Å². The number of likely N-dealkylation sites (tertiary alicyclic amines) is 1. The van der Waals surface area contributed by atoms with Gasteiger partial charge >= 0.3 is 6.03 Å². The molecule has 0 unspecified atom stereocenters. The normalized spacial score (nSPS) is 14.9. The van der Waals surface area contributed by atoms with Crippen LogP contribution in [0, 0.1) is 0 Å². The van der Waals surface area contributed by atoms with E-state index in [4.69, 9.17) is 37.4 Å². The standard InChI is InChI=1S/C25H22Cl2N2O4/c26-19-6-2-17(3-7-19)24(18-4-8-20(27)9-5-18)33-21-13-29(14-21)25(30)28-12-16-1-10-22-23(11-16)32-15-31-22/h1-11,21,24H,12-15H2,(H,28,30). The molecule has 2 aliphatic rings. The summed E-state index contributed by atoms with van der Waals surface area (Å²) in [5.41, 5.74) is 2.94. The van der Waals surface area contributed by atoms with E-state index in [9.17, 15) is 4.79 Å². The maximum Gasteiger partial charge on any atom is 0.317 e. The topological polar surface area (TPSA) is 60.0 Å². The van der Waals surface area contributed by atoms with Crippen LogP contribution in [0.5, 0.6) is 11.5 Å². The highest BCUT2D eigenvalue weighted by Gasteiger charge is 2.34. The number of carbonyl (C=O) groups excluding carboxylic acids is 1. The molecule has 2 aliphatic heterocycles. The summed E-state index contributed by atoms with van der Waals surface area (Å²) in [6.07, 6.45) is -0.346. The van der Waals surface area contributed by atoms with Gasteiger partial charge in [0.25, 0.3) is 0 Å². The van der Waals surface area contributed by atoms with Crippen LogP contribution < -0.4 is 14.8 Å². The molecule has 3 aromatic carbocycles. The minimum atomic E-state index is -0.275. The molecule has 0 aliphatic carbocycles. The molecule has 2 amide bonds. The molecule has 0 atom stereocenters. The van der Waals surface area contributed by atoms with Gasteiger partial charge in [-0.3, -0.25) is 0 Å². The summed E-state index contributed by atoms with van der Waals surface area (Å²) in [6, 6.07) is 20.7. The number of halogens is 2. The number of fused-ring (bicyclic) bond motifs is 1. The summed E-state index contributed by atoms with van der Waals surface area (Å²) in [4.78, 5) is 14.3. The first-order chi connectivity index (χ1) is 16.0. The lowest BCUT2D eigenvalue weighted by molar-refractivity contribution is -0.0645. The highest BCUT2D eigenvalue weighted by Crippen LogP contribution is 2.33. The molecule has 3 aromatic rings. The van der Waals surface area contributed by atoms with Gasteiger partial charge in [-0.1, -0.05) is 53.5 Å². The summed E-state index contributed by atoms with van der Waals surface area (Å²) >= 11 is 12.1. The number of benzene rings is 3. The van der Waals surface area contributed by atoms with E-state index in [1.165, 1.54) is 0 Å². The minimum Gasteiger partial charge on any atom is -0.454 e. The van der Waals surface area contributed by atoms with Crippen molar-refractivity contribution in [1.29, 1.82) is 0 Å². The zero-order valence-electron chi connectivity index (χ0n) is 17.7. The summed E-state index contributed by atoms with van der Waals surface area (Å²) in [6.45, 7) is 1.68. The smallest absolute Gasteiger partial charge is 0.317 e. The van der Waals surface area contributed by atoms with E-state index in [1.54, 1.807) is 4.90 Å². The summed E-state index contributed by atoms with van der Waals surface area (Å²) < 4.78 is 17.1. The molecule has 2 heterocycles. The number of rotatable bonds is 6. The largest absolute Gasteiger partial charge is 0.454 e. The number of amides is 2. The number of hydrogen-bond donors (Lipinski definition) is 1. The van der Waals surface area contributed by atoms with Crippen molar-refractivity contribution in [3.05, 3.63) is 93.5 Å². The monoisotopic (exact) mass is 484 g/mol. The van der Waals surface area contributed by atoms with Crippen molar-refractivity contribution in [3.63, 3.8) is 0 Å². The summed E-state index contributed by atoms with van der Waals surface area (Å²) in [5.74, 6) is 1.43. The van der Waals surface area contributed by atoms with E-state index in [1.807, 2.05) is 66.7 Å². The highest BCUT2D eigenvalue weighted by atomic mass is 35.5. The lowest BCUT2D eigenvalue weighted by Gasteiger charge is -2.40. The molecular weight excluding hydrogens is 463 g/mol. The van der Waals surface area contributed by atoms with Gasteiger partial charge in [0.2, 0.25) is 6.79 Å². The molecule has 33 heavy (non-hydrogen) atoms. The molecule has 0 spiro atoms. The number of nitrogens with zero attached hydrogens (tertiary/aromatic N) is 1. The number of hydrogen-bond acceptors (Lipinski definition) is 4. The Morgan fingerprint density at radius 1 is 0.939 bits per heavy atom. The lowest BCUT2D eigenvalue weighted by atomic mass is 10.0. The van der Waals surface area contributed by atoms with E-state index in [-0.39, 0.29) is 25.0 Å². The first kappa shape index (κ1) is 21.9. The third kappa shape index (κ3) is 5.03. The average Bonchev–Trinajstić information content (AvgIpc) is 3.26. The molecular formula is C25H22Cl2N2O4. The van der Waals surface area contributed by atoms with Crippen molar-refractivity contribution in [3.8, 4) is 11.5 Å². The van der Waals surface area contributed by atoms with Crippen LogP contribution in [0.15, 0.2) is 66.7 Å². The fraction of sp³-hybridized carbons (Fsp3) is 0.240. The predicted octanol–water partition coefficient (Wildman–Crippen LogP) is 5.42. The van der Waals surface area contributed by atoms with Gasteiger partial charge in [-0.2, -0.15) is 0 Å². The fourth-order valence-electron chi connectivity index (χ4n) is 3.85. The molecule has 1 N–H and O–H groups in total. The van der Waals surface area contributed by atoms with Crippen molar-refractivity contribution in [2.45, 2.75) is 18.8 Å². The third-order valence-electron chi connectivity index (χ3n) is 5.69. The zero-order chi connectivity index (χ0) is 22.8. The number of nitrogens with one attached hydrogen (secondary N) is 1. The second-order valence-corrected chi connectivity index (χ2v) is 8.87. The molecule has 0 saturated carbocycles. The minimum absolute atomic E-state index is 0.0716. The van der Waals surface area contributed by atoms with Crippen LogP contribution >= 0.6 is 23.2 Å². The van der Waals surface area contributed by atoms with Crippen LogP contribution in [0.25, 0.3) is 0 Å². The Morgan fingerprint density at radius 2 is 1.55 bits per heavy atom. The molecule has 0 aromatic heterocycles. The summed E-state index contributed by atoms with van der Waals surface area (Å²) in [5, 5.41) is 4.29. The second kappa shape index (κ2) is 9.51. The number of carbonyl (C=O) groups is 1. The van der Waals surface area contributed by atoms with E-state index in [0.717, 1.165) is 22.4 Å². The van der Waals surface area contributed by atoms with Gasteiger partial charge in [-0.25, -0.2) is 4.79 Å². The van der Waals surface area contributed by atoms with Gasteiger partial charge in [-0.15, -0.1) is 0 Å². The van der Waals surface area contributed by atoms with Crippen LogP contribution in [0.1, 0.15) is 22.8 Å². The Balaban J connectivity index is 1.18. The van der Waals surface area contributed by atoms with Crippen molar-refractivity contribution in [2.75, 3.05) is 19.9 Å². The van der Waals surface area contributed by atoms with E-state index >= 15 is 0 Å². The van der Waals surface area contributed by atoms with Gasteiger partial charge in [0.1, 0.15) is 6.10 Å². The van der Waals surface area contributed by atoms with Crippen LogP contribution in [0.4, 0.5) is 4.79 Å². The predicted molar refractivity (Wildman–Crippen MR) is 126 cm³/mol. The second-order valence-electron chi connectivity index (χ2n) is 7.99. The van der Waals surface area contributed by atoms with E-state index < -0.39 is 0 Å². The maximum absolute atomic E-state index is 12.6. The molecule has 1 fully saturated rings. The van der Waals surface area contributed by atoms with Gasteiger partial charge in [-0.05, 0) is 53.1 Å². The van der Waals surface area contributed by atoms with Gasteiger partial charge < -0.3 is 24.4 Å². The van der Waals surface area contributed by atoms with Crippen molar-refractivity contribution in [1.82, 2.24) is 10.2 Å². The number of ether oxygens (including phenoxy) is 3. The Bertz CT molecular complexity index is 1090. The van der Waals surface area contributed by atoms with Crippen LogP contribution in [-0.2, 0) is 11.3 Å². The summed E-state index contributed by atoms with van der Waals surface area (Å²) in [7, 11) is 0. The van der Waals surface area contributed by atoms with Gasteiger partial charge in [0, 0.05) is 16.6 Å². The Labute approximate surface area is 202 Å². The average molecular weight is 485 g/mol. The van der Waals surface area contributed by atoms with Crippen LogP contribution in [0.2, 0.25) is 10.0 Å². The Hall–Kier alpha value is -2.93. The Kier molecular flexibility index (Phi) is 6.31. The first-order valence-electron chi connectivity index (χ1n) is 10.6. The number of urea groups is 1. The molecule has 0 radical (unpaired) electrons. The maximum atomic E-state index is 12.6. The molecule has 0 bridgehead atoms. The molecule has 8 heteroatoms. The van der Waals surface area contributed by atoms with E-state index in [0.29, 0.717) is 35.4 Å². The van der Waals surface area contributed by atoms with Crippen LogP contribution in [-0.4, -0.2) is 36.9 Å². The van der Waals surface area contributed by atoms with E-state index in [2.05, 4.69) is 5.32 Å². The first-order valence-corrected chi connectivity index (χ1v) is 11.4. The fourth-order valence-corrected chi connectivity index (χ4v) is 4.10. The zero-order valence-corrected chi connectivity index (χ0v) is 19.2. The molecule has 1 saturated heterocycles. The van der Waals surface area contributed by atoms with Gasteiger partial charge in [0.15, 0.2) is 11.5 Å². The molecule has 6 nitrogen and oxygen atoms in total.